The average Bonchev–Trinajstić information content (AvgIpc) is 2.85. The second-order valence-electron chi connectivity index (χ2n) is 9.29. The number of aryl methyl sites for hydroxylation is 1. The third kappa shape index (κ3) is 7.60. The summed E-state index contributed by atoms with van der Waals surface area (Å²) in [6.07, 6.45) is 10.3. The van der Waals surface area contributed by atoms with Crippen LogP contribution in [0.3, 0.4) is 0 Å². The van der Waals surface area contributed by atoms with Gasteiger partial charge in [-0.15, -0.1) is 0 Å². The number of carboxylic acids is 1. The van der Waals surface area contributed by atoms with Gasteiger partial charge in [0, 0.05) is 12.1 Å². The van der Waals surface area contributed by atoms with Crippen molar-refractivity contribution in [3.05, 3.63) is 59.2 Å². The Bertz CT molecular complexity index is 956. The molecule has 0 radical (unpaired) electrons. The molecule has 1 fully saturated rings. The maximum absolute atomic E-state index is 13.2. The number of carboxylic acid groups (broad SMARTS) is 1. The molecule has 184 valence electrons. The Morgan fingerprint density at radius 1 is 1.09 bits per heavy atom. The van der Waals surface area contributed by atoms with Crippen molar-refractivity contribution in [3.8, 4) is 11.1 Å². The van der Waals surface area contributed by atoms with E-state index in [1.54, 1.807) is 11.8 Å². The van der Waals surface area contributed by atoms with E-state index in [4.69, 9.17) is 0 Å². The molecule has 0 aliphatic heterocycles. The molecule has 6 heteroatoms. The predicted molar refractivity (Wildman–Crippen MR) is 139 cm³/mol. The number of nitrogens with one attached hydrogen (secondary N) is 2. The second kappa shape index (κ2) is 13.5. The molecule has 0 bridgehead atoms. The highest BCUT2D eigenvalue weighted by Crippen LogP contribution is 2.29. The molecule has 0 spiro atoms. The Hall–Kier alpha value is -2.31. The first kappa shape index (κ1) is 26.3. The van der Waals surface area contributed by atoms with E-state index in [9.17, 15) is 14.7 Å². The number of rotatable bonds is 12. The van der Waals surface area contributed by atoms with E-state index in [-0.39, 0.29) is 5.91 Å². The first-order chi connectivity index (χ1) is 16.5. The van der Waals surface area contributed by atoms with Crippen LogP contribution in [-0.2, 0) is 11.3 Å². The highest BCUT2D eigenvalue weighted by atomic mass is 32.2. The smallest absolute Gasteiger partial charge is 0.252 e. The van der Waals surface area contributed by atoms with E-state index in [0.717, 1.165) is 41.3 Å². The Kier molecular flexibility index (Phi) is 10.5. The number of carbonyl (C=O) groups excluding carboxylic acids is 2. The molecule has 2 N–H and O–H groups in total. The molecule has 3 rings (SSSR count). The lowest BCUT2D eigenvalue weighted by atomic mass is 9.87. The summed E-state index contributed by atoms with van der Waals surface area (Å²) in [4.78, 5) is 24.7. The van der Waals surface area contributed by atoms with Gasteiger partial charge in [0.05, 0.1) is 12.0 Å². The molecular weight excluding hydrogens is 444 g/mol. The molecule has 1 amide bonds. The molecule has 1 aliphatic rings. The van der Waals surface area contributed by atoms with E-state index in [1.165, 1.54) is 38.5 Å². The minimum Gasteiger partial charge on any atom is -0.548 e. The van der Waals surface area contributed by atoms with Gasteiger partial charge in [-0.2, -0.15) is 11.8 Å². The van der Waals surface area contributed by atoms with Crippen LogP contribution < -0.4 is 15.7 Å². The lowest BCUT2D eigenvalue weighted by Gasteiger charge is -2.22. The molecule has 34 heavy (non-hydrogen) atoms. The fourth-order valence-corrected chi connectivity index (χ4v) is 5.20. The number of thioether (sulfide) groups is 1. The normalized spacial score (nSPS) is 15.1. The van der Waals surface area contributed by atoms with Crippen molar-refractivity contribution in [2.24, 2.45) is 5.92 Å². The Balaban J connectivity index is 1.75. The Morgan fingerprint density at radius 2 is 1.85 bits per heavy atom. The molecule has 2 aromatic rings. The summed E-state index contributed by atoms with van der Waals surface area (Å²) in [6.45, 7) is 3.76. The SMILES string of the molecule is CSCC[C@H](NC(=O)c1ccc(CNCCC2CCCCC2)cc1-c1ccccc1C)C(=O)[O-]. The molecule has 2 aromatic carbocycles. The quantitative estimate of drug-likeness (QED) is 0.441. The number of carbonyl (C=O) groups is 2. The van der Waals surface area contributed by atoms with Crippen LogP contribution in [0.1, 0.15) is 66.4 Å². The van der Waals surface area contributed by atoms with Crippen LogP contribution in [0.2, 0.25) is 0 Å². The number of benzene rings is 2. The average molecular weight is 482 g/mol. The first-order valence-corrected chi connectivity index (χ1v) is 13.8. The first-order valence-electron chi connectivity index (χ1n) is 12.4. The summed E-state index contributed by atoms with van der Waals surface area (Å²) >= 11 is 1.54. The molecule has 0 heterocycles. The zero-order valence-corrected chi connectivity index (χ0v) is 21.2. The van der Waals surface area contributed by atoms with Gasteiger partial charge in [0.25, 0.3) is 5.91 Å². The second-order valence-corrected chi connectivity index (χ2v) is 10.3. The van der Waals surface area contributed by atoms with Crippen LogP contribution in [0, 0.1) is 12.8 Å². The number of amides is 1. The van der Waals surface area contributed by atoms with Crippen molar-refractivity contribution in [1.82, 2.24) is 10.6 Å². The summed E-state index contributed by atoms with van der Waals surface area (Å²) < 4.78 is 0. The van der Waals surface area contributed by atoms with Crippen molar-refractivity contribution in [2.45, 2.75) is 64.5 Å². The van der Waals surface area contributed by atoms with Crippen molar-refractivity contribution in [2.75, 3.05) is 18.6 Å². The van der Waals surface area contributed by atoms with Crippen molar-refractivity contribution in [3.63, 3.8) is 0 Å². The Morgan fingerprint density at radius 3 is 2.56 bits per heavy atom. The molecule has 0 saturated heterocycles. The lowest BCUT2D eigenvalue weighted by Crippen LogP contribution is -2.48. The van der Waals surface area contributed by atoms with Gasteiger partial charge in [-0.3, -0.25) is 4.79 Å². The van der Waals surface area contributed by atoms with E-state index in [2.05, 4.69) is 16.7 Å². The van der Waals surface area contributed by atoms with Gasteiger partial charge in [-0.25, -0.2) is 0 Å². The van der Waals surface area contributed by atoms with E-state index >= 15 is 0 Å². The molecule has 0 unspecified atom stereocenters. The lowest BCUT2D eigenvalue weighted by molar-refractivity contribution is -0.308. The summed E-state index contributed by atoms with van der Waals surface area (Å²) in [5.74, 6) is -0.156. The van der Waals surface area contributed by atoms with Crippen molar-refractivity contribution in [1.29, 1.82) is 0 Å². The van der Waals surface area contributed by atoms with E-state index in [1.807, 2.05) is 49.6 Å². The Labute approximate surface area is 208 Å². The van der Waals surface area contributed by atoms with Gasteiger partial charge < -0.3 is 20.5 Å². The number of hydrogen-bond acceptors (Lipinski definition) is 5. The minimum absolute atomic E-state index is 0.331. The summed E-state index contributed by atoms with van der Waals surface area (Å²) in [7, 11) is 0. The standard InChI is InChI=1S/C28H38N2O3S/c1-20-8-6-7-11-23(20)25-18-22(19-29-16-14-21-9-4-3-5-10-21)12-13-24(25)27(31)30-26(28(32)33)15-17-34-2/h6-8,11-13,18,21,26,29H,3-5,9-10,14-17,19H2,1-2H3,(H,30,31)(H,32,33)/p-1/t26-/m0/s1. The summed E-state index contributed by atoms with van der Waals surface area (Å²) in [5.41, 5.74) is 4.46. The molecular formula is C28H37N2O3S-. The predicted octanol–water partition coefficient (Wildman–Crippen LogP) is 4.32. The van der Waals surface area contributed by atoms with Gasteiger partial charge in [0.15, 0.2) is 0 Å². The van der Waals surface area contributed by atoms with Crippen molar-refractivity contribution >= 4 is 23.6 Å². The monoisotopic (exact) mass is 481 g/mol. The third-order valence-electron chi connectivity index (χ3n) is 6.75. The van der Waals surface area contributed by atoms with Gasteiger partial charge in [0.2, 0.25) is 0 Å². The summed E-state index contributed by atoms with van der Waals surface area (Å²) in [5, 5.41) is 17.8. The van der Waals surface area contributed by atoms with Crippen LogP contribution in [0.25, 0.3) is 11.1 Å². The fraction of sp³-hybridized carbons (Fsp3) is 0.500. The highest BCUT2D eigenvalue weighted by molar-refractivity contribution is 7.98. The van der Waals surface area contributed by atoms with Crippen LogP contribution in [0.15, 0.2) is 42.5 Å². The van der Waals surface area contributed by atoms with E-state index in [0.29, 0.717) is 17.7 Å². The van der Waals surface area contributed by atoms with Gasteiger partial charge in [0.1, 0.15) is 0 Å². The van der Waals surface area contributed by atoms with Crippen LogP contribution >= 0.6 is 11.8 Å². The van der Waals surface area contributed by atoms with Crippen molar-refractivity contribution < 1.29 is 14.7 Å². The zero-order chi connectivity index (χ0) is 24.3. The molecule has 1 aliphatic carbocycles. The van der Waals surface area contributed by atoms with Crippen LogP contribution in [-0.4, -0.2) is 36.5 Å². The fourth-order valence-electron chi connectivity index (χ4n) is 4.73. The third-order valence-corrected chi connectivity index (χ3v) is 7.39. The number of hydrogen-bond donors (Lipinski definition) is 2. The van der Waals surface area contributed by atoms with Gasteiger partial charge >= 0.3 is 0 Å². The molecule has 1 atom stereocenters. The van der Waals surface area contributed by atoms with E-state index < -0.39 is 12.0 Å². The van der Waals surface area contributed by atoms with Crippen LogP contribution in [0.5, 0.6) is 0 Å². The summed E-state index contributed by atoms with van der Waals surface area (Å²) in [6, 6.07) is 12.8. The van der Waals surface area contributed by atoms with Gasteiger partial charge in [-0.05, 0) is 78.6 Å². The number of aliphatic carboxylic acids is 1. The molecule has 0 aromatic heterocycles. The molecule has 1 saturated carbocycles. The zero-order valence-electron chi connectivity index (χ0n) is 20.4. The minimum atomic E-state index is -1.25. The van der Waals surface area contributed by atoms with Crippen LogP contribution in [0.4, 0.5) is 0 Å². The van der Waals surface area contributed by atoms with Gasteiger partial charge in [-0.1, -0.05) is 62.4 Å². The topological polar surface area (TPSA) is 81.3 Å². The maximum Gasteiger partial charge on any atom is 0.252 e. The highest BCUT2D eigenvalue weighted by Gasteiger charge is 2.19. The largest absolute Gasteiger partial charge is 0.548 e. The maximum atomic E-state index is 13.2. The molecule has 5 nitrogen and oxygen atoms in total.